The van der Waals surface area contributed by atoms with Gasteiger partial charge in [-0.2, -0.15) is 0 Å². The largest absolute Gasteiger partial charge is 0.339 e. The van der Waals surface area contributed by atoms with Crippen molar-refractivity contribution in [3.8, 4) is 0 Å². The lowest BCUT2D eigenvalue weighted by molar-refractivity contribution is 0.0749. The van der Waals surface area contributed by atoms with E-state index in [1.54, 1.807) is 12.1 Å². The number of carbonyl (C=O) groups is 1. The van der Waals surface area contributed by atoms with Crippen molar-refractivity contribution >= 4 is 17.5 Å². The van der Waals surface area contributed by atoms with Crippen LogP contribution in [0.5, 0.6) is 0 Å². The standard InChI is InChI=1S/C21H34ClNO/c1-3-5-7-9-11-17-23(18-12-10-8-6-4-2)21(24)19-13-15-20(22)16-14-19/h13-16H,3-12,17-18H2,1-2H3. The zero-order valence-corrected chi connectivity index (χ0v) is 16.3. The summed E-state index contributed by atoms with van der Waals surface area (Å²) in [5, 5.41) is 0.678. The van der Waals surface area contributed by atoms with Crippen molar-refractivity contribution in [3.05, 3.63) is 34.9 Å². The number of hydrogen-bond donors (Lipinski definition) is 0. The van der Waals surface area contributed by atoms with Gasteiger partial charge < -0.3 is 4.90 Å². The summed E-state index contributed by atoms with van der Waals surface area (Å²) in [6, 6.07) is 7.28. The molecule has 0 atom stereocenters. The molecule has 0 bridgehead atoms. The minimum atomic E-state index is 0.151. The number of amides is 1. The lowest BCUT2D eigenvalue weighted by Gasteiger charge is -2.23. The Morgan fingerprint density at radius 3 is 1.71 bits per heavy atom. The summed E-state index contributed by atoms with van der Waals surface area (Å²) in [4.78, 5) is 14.8. The zero-order chi connectivity index (χ0) is 17.6. The summed E-state index contributed by atoms with van der Waals surface area (Å²) in [5.74, 6) is 0.151. The molecule has 0 aromatic heterocycles. The second-order valence-corrected chi connectivity index (χ2v) is 7.06. The number of nitrogens with zero attached hydrogens (tertiary/aromatic N) is 1. The molecule has 0 spiro atoms. The van der Waals surface area contributed by atoms with Gasteiger partial charge in [-0.3, -0.25) is 4.79 Å². The molecule has 0 unspecified atom stereocenters. The molecule has 1 rings (SSSR count). The van der Waals surface area contributed by atoms with Gasteiger partial charge in [-0.1, -0.05) is 76.8 Å². The van der Waals surface area contributed by atoms with Crippen LogP contribution in [-0.2, 0) is 0 Å². The second kappa shape index (κ2) is 13.3. The third kappa shape index (κ3) is 8.73. The molecule has 0 aliphatic rings. The van der Waals surface area contributed by atoms with Gasteiger partial charge in [0, 0.05) is 23.7 Å². The summed E-state index contributed by atoms with van der Waals surface area (Å²) < 4.78 is 0. The van der Waals surface area contributed by atoms with Crippen LogP contribution in [0.4, 0.5) is 0 Å². The Hall–Kier alpha value is -1.02. The Balaban J connectivity index is 2.51. The molecule has 0 fully saturated rings. The molecule has 0 N–H and O–H groups in total. The van der Waals surface area contributed by atoms with E-state index in [1.807, 2.05) is 17.0 Å². The molecule has 0 saturated heterocycles. The predicted octanol–water partition coefficient (Wildman–Crippen LogP) is 6.72. The second-order valence-electron chi connectivity index (χ2n) is 6.63. The SMILES string of the molecule is CCCCCCCN(CCCCCCC)C(=O)c1ccc(Cl)cc1. The Bertz CT molecular complexity index is 430. The highest BCUT2D eigenvalue weighted by molar-refractivity contribution is 6.30. The molecule has 0 aliphatic carbocycles. The zero-order valence-electron chi connectivity index (χ0n) is 15.5. The summed E-state index contributed by atoms with van der Waals surface area (Å²) >= 11 is 5.94. The first-order valence-electron chi connectivity index (χ1n) is 9.73. The molecule has 0 saturated carbocycles. The van der Waals surface area contributed by atoms with Crippen LogP contribution < -0.4 is 0 Å². The van der Waals surface area contributed by atoms with Crippen molar-refractivity contribution in [1.29, 1.82) is 0 Å². The van der Waals surface area contributed by atoms with Crippen molar-refractivity contribution in [3.63, 3.8) is 0 Å². The summed E-state index contributed by atoms with van der Waals surface area (Å²) in [5.41, 5.74) is 0.751. The van der Waals surface area contributed by atoms with Crippen molar-refractivity contribution in [2.75, 3.05) is 13.1 Å². The molecule has 1 aromatic rings. The molecule has 1 amide bonds. The van der Waals surface area contributed by atoms with Gasteiger partial charge >= 0.3 is 0 Å². The topological polar surface area (TPSA) is 20.3 Å². The Labute approximate surface area is 153 Å². The van der Waals surface area contributed by atoms with E-state index in [4.69, 9.17) is 11.6 Å². The van der Waals surface area contributed by atoms with Gasteiger partial charge in [0.1, 0.15) is 0 Å². The van der Waals surface area contributed by atoms with Crippen molar-refractivity contribution in [2.24, 2.45) is 0 Å². The molecule has 0 aliphatic heterocycles. The van der Waals surface area contributed by atoms with Crippen molar-refractivity contribution in [2.45, 2.75) is 78.1 Å². The maximum atomic E-state index is 12.8. The maximum Gasteiger partial charge on any atom is 0.253 e. The van der Waals surface area contributed by atoms with Crippen LogP contribution in [-0.4, -0.2) is 23.9 Å². The molecule has 0 heterocycles. The minimum Gasteiger partial charge on any atom is -0.339 e. The van der Waals surface area contributed by atoms with Crippen LogP contribution in [0.3, 0.4) is 0 Å². The molecule has 24 heavy (non-hydrogen) atoms. The van der Waals surface area contributed by atoms with E-state index in [0.717, 1.165) is 31.5 Å². The van der Waals surface area contributed by atoms with Crippen LogP contribution in [0.15, 0.2) is 24.3 Å². The van der Waals surface area contributed by atoms with E-state index in [0.29, 0.717) is 5.02 Å². The van der Waals surface area contributed by atoms with Crippen LogP contribution in [0.2, 0.25) is 5.02 Å². The Kier molecular flexibility index (Phi) is 11.6. The summed E-state index contributed by atoms with van der Waals surface area (Å²) in [6.45, 7) is 6.21. The Morgan fingerprint density at radius 1 is 0.792 bits per heavy atom. The third-order valence-electron chi connectivity index (χ3n) is 4.44. The summed E-state index contributed by atoms with van der Waals surface area (Å²) in [6.07, 6.45) is 12.3. The van der Waals surface area contributed by atoms with Gasteiger partial charge in [0.2, 0.25) is 0 Å². The number of rotatable bonds is 13. The van der Waals surface area contributed by atoms with Crippen LogP contribution >= 0.6 is 11.6 Å². The molecule has 0 radical (unpaired) electrons. The Morgan fingerprint density at radius 2 is 1.25 bits per heavy atom. The fourth-order valence-corrected chi connectivity index (χ4v) is 3.03. The number of halogens is 1. The normalized spacial score (nSPS) is 10.8. The van der Waals surface area contributed by atoms with Gasteiger partial charge in [-0.05, 0) is 37.1 Å². The molecule has 1 aromatic carbocycles. The van der Waals surface area contributed by atoms with Crippen LogP contribution in [0.25, 0.3) is 0 Å². The molecular formula is C21H34ClNO. The van der Waals surface area contributed by atoms with Crippen molar-refractivity contribution in [1.82, 2.24) is 4.90 Å². The molecule has 2 nitrogen and oxygen atoms in total. The predicted molar refractivity (Wildman–Crippen MR) is 105 cm³/mol. The number of hydrogen-bond acceptors (Lipinski definition) is 1. The first kappa shape index (κ1) is 21.0. The van der Waals surface area contributed by atoms with Crippen LogP contribution in [0, 0.1) is 0 Å². The fourth-order valence-electron chi connectivity index (χ4n) is 2.90. The highest BCUT2D eigenvalue weighted by Crippen LogP contribution is 2.14. The monoisotopic (exact) mass is 351 g/mol. The smallest absolute Gasteiger partial charge is 0.253 e. The lowest BCUT2D eigenvalue weighted by atomic mass is 10.1. The highest BCUT2D eigenvalue weighted by atomic mass is 35.5. The molecular weight excluding hydrogens is 318 g/mol. The van der Waals surface area contributed by atoms with Gasteiger partial charge in [0.15, 0.2) is 0 Å². The fraction of sp³-hybridized carbons (Fsp3) is 0.667. The van der Waals surface area contributed by atoms with Gasteiger partial charge in [0.25, 0.3) is 5.91 Å². The maximum absolute atomic E-state index is 12.8. The van der Waals surface area contributed by atoms with E-state index in [9.17, 15) is 4.79 Å². The first-order valence-corrected chi connectivity index (χ1v) is 10.1. The highest BCUT2D eigenvalue weighted by Gasteiger charge is 2.15. The number of unbranched alkanes of at least 4 members (excludes halogenated alkanes) is 8. The number of benzene rings is 1. The minimum absolute atomic E-state index is 0.151. The third-order valence-corrected chi connectivity index (χ3v) is 4.69. The van der Waals surface area contributed by atoms with E-state index in [-0.39, 0.29) is 5.91 Å². The van der Waals surface area contributed by atoms with Gasteiger partial charge in [-0.15, -0.1) is 0 Å². The average Bonchev–Trinajstić information content (AvgIpc) is 2.59. The lowest BCUT2D eigenvalue weighted by Crippen LogP contribution is -2.33. The van der Waals surface area contributed by atoms with E-state index < -0.39 is 0 Å². The van der Waals surface area contributed by atoms with E-state index in [1.165, 1.54) is 51.4 Å². The molecule has 3 heteroatoms. The van der Waals surface area contributed by atoms with Gasteiger partial charge in [-0.25, -0.2) is 0 Å². The average molecular weight is 352 g/mol. The summed E-state index contributed by atoms with van der Waals surface area (Å²) in [7, 11) is 0. The van der Waals surface area contributed by atoms with Crippen LogP contribution in [0.1, 0.15) is 88.4 Å². The quantitative estimate of drug-likeness (QED) is 0.361. The first-order chi connectivity index (χ1) is 11.7. The van der Waals surface area contributed by atoms with Gasteiger partial charge in [0.05, 0.1) is 0 Å². The molecule has 136 valence electrons. The van der Waals surface area contributed by atoms with E-state index >= 15 is 0 Å². The van der Waals surface area contributed by atoms with E-state index in [2.05, 4.69) is 13.8 Å². The number of carbonyl (C=O) groups excluding carboxylic acids is 1. The van der Waals surface area contributed by atoms with Crippen molar-refractivity contribution < 1.29 is 4.79 Å².